The smallest absolute Gasteiger partial charge is 0.124 e. The summed E-state index contributed by atoms with van der Waals surface area (Å²) in [6, 6.07) is 8.49. The van der Waals surface area contributed by atoms with E-state index in [1.54, 1.807) is 6.08 Å². The van der Waals surface area contributed by atoms with Crippen molar-refractivity contribution in [3.8, 4) is 5.75 Å². The Hall–Kier alpha value is -2.37. The van der Waals surface area contributed by atoms with Crippen LogP contribution in [0.2, 0.25) is 0 Å². The highest BCUT2D eigenvalue weighted by molar-refractivity contribution is 8.04. The average Bonchev–Trinajstić information content (AvgIpc) is 3.12. The number of hydrogen-bond acceptors (Lipinski definition) is 5. The van der Waals surface area contributed by atoms with Gasteiger partial charge in [-0.05, 0) is 66.5 Å². The molecule has 1 saturated heterocycles. The minimum absolute atomic E-state index is 0.248. The molecule has 0 spiro atoms. The van der Waals surface area contributed by atoms with Gasteiger partial charge in [0, 0.05) is 35.6 Å². The highest BCUT2D eigenvalue weighted by atomic mass is 32.2. The van der Waals surface area contributed by atoms with E-state index >= 15 is 0 Å². The second-order valence-electron chi connectivity index (χ2n) is 8.68. The van der Waals surface area contributed by atoms with E-state index in [2.05, 4.69) is 48.2 Å². The normalized spacial score (nSPS) is 26.2. The largest absolute Gasteiger partial charge is 0.512 e. The van der Waals surface area contributed by atoms with Crippen molar-refractivity contribution in [3.05, 3.63) is 82.2 Å². The van der Waals surface area contributed by atoms with Crippen LogP contribution in [0.25, 0.3) is 5.57 Å². The molecule has 1 fully saturated rings. The lowest BCUT2D eigenvalue weighted by molar-refractivity contribution is 0.0202. The number of aliphatic hydroxyl groups excluding tert-OH is 2. The van der Waals surface area contributed by atoms with Gasteiger partial charge in [0.15, 0.2) is 0 Å². The van der Waals surface area contributed by atoms with Gasteiger partial charge in [-0.25, -0.2) is 0 Å². The molecule has 0 bridgehead atoms. The first-order valence-electron chi connectivity index (χ1n) is 11.2. The topological polar surface area (TPSA) is 52.9 Å². The number of thioether (sulfide) groups is 1. The monoisotopic (exact) mass is 435 g/mol. The quantitative estimate of drug-likeness (QED) is 0.594. The number of rotatable bonds is 6. The lowest BCUT2D eigenvalue weighted by Crippen LogP contribution is -2.53. The third-order valence-corrected chi connectivity index (χ3v) is 7.79. The van der Waals surface area contributed by atoms with Gasteiger partial charge in [0.2, 0.25) is 0 Å². The van der Waals surface area contributed by atoms with Crippen molar-refractivity contribution in [1.82, 2.24) is 4.90 Å². The number of hydrogen-bond donors (Lipinski definition) is 2. The molecule has 2 heterocycles. The van der Waals surface area contributed by atoms with Crippen LogP contribution in [0.15, 0.2) is 76.6 Å². The third kappa shape index (κ3) is 4.21. The minimum atomic E-state index is 0.248. The van der Waals surface area contributed by atoms with Crippen LogP contribution in [-0.4, -0.2) is 46.1 Å². The van der Waals surface area contributed by atoms with E-state index in [9.17, 15) is 10.2 Å². The summed E-state index contributed by atoms with van der Waals surface area (Å²) < 4.78 is 6.15. The van der Waals surface area contributed by atoms with Crippen LogP contribution in [0.1, 0.15) is 31.7 Å². The van der Waals surface area contributed by atoms with Crippen molar-refractivity contribution >= 4 is 17.3 Å². The van der Waals surface area contributed by atoms with Gasteiger partial charge in [-0.15, -0.1) is 11.8 Å². The first-order chi connectivity index (χ1) is 15.1. The number of ether oxygens (including phenoxy) is 1. The number of fused-ring (bicyclic) bond motifs is 1. The number of nitrogens with zero attached hydrogens (tertiary/aromatic N) is 1. The number of likely N-dealkylation sites (tertiary alicyclic amines) is 1. The predicted molar refractivity (Wildman–Crippen MR) is 127 cm³/mol. The number of benzene rings is 1. The lowest BCUT2D eigenvalue weighted by atomic mass is 9.87. The molecule has 4 aliphatic rings. The molecule has 2 N–H and O–H groups in total. The fraction of sp³-hybridized carbons (Fsp3) is 0.385. The molecule has 2 atom stereocenters. The molecule has 1 aromatic carbocycles. The second kappa shape index (κ2) is 8.64. The molecule has 31 heavy (non-hydrogen) atoms. The van der Waals surface area contributed by atoms with E-state index in [0.717, 1.165) is 31.8 Å². The van der Waals surface area contributed by atoms with Crippen molar-refractivity contribution in [1.29, 1.82) is 0 Å². The van der Waals surface area contributed by atoms with Gasteiger partial charge < -0.3 is 14.9 Å². The van der Waals surface area contributed by atoms with Crippen LogP contribution in [0.5, 0.6) is 5.75 Å². The van der Waals surface area contributed by atoms with Gasteiger partial charge in [0.25, 0.3) is 0 Å². The zero-order chi connectivity index (χ0) is 21.4. The fourth-order valence-electron chi connectivity index (χ4n) is 4.74. The molecule has 1 aromatic rings. The molecule has 2 aliphatic carbocycles. The highest BCUT2D eigenvalue weighted by Crippen LogP contribution is 2.53. The molecule has 0 saturated carbocycles. The van der Waals surface area contributed by atoms with E-state index in [4.69, 9.17) is 4.74 Å². The maximum atomic E-state index is 10.1. The Labute approximate surface area is 188 Å². The van der Waals surface area contributed by atoms with Crippen molar-refractivity contribution in [3.63, 3.8) is 0 Å². The molecule has 2 aliphatic heterocycles. The summed E-state index contributed by atoms with van der Waals surface area (Å²) in [4.78, 5) is 3.75. The number of aliphatic hydroxyl groups is 2. The molecule has 1 unspecified atom stereocenters. The van der Waals surface area contributed by atoms with Crippen LogP contribution in [0, 0.1) is 5.92 Å². The molecule has 5 heteroatoms. The first kappa shape index (κ1) is 20.5. The van der Waals surface area contributed by atoms with E-state index < -0.39 is 0 Å². The fourth-order valence-corrected chi connectivity index (χ4v) is 6.33. The summed E-state index contributed by atoms with van der Waals surface area (Å²) in [5.41, 5.74) is 3.74. The van der Waals surface area contributed by atoms with Crippen molar-refractivity contribution in [2.75, 3.05) is 19.6 Å². The Bertz CT molecular complexity index is 996. The second-order valence-corrected chi connectivity index (χ2v) is 9.93. The van der Waals surface area contributed by atoms with E-state index in [0.29, 0.717) is 24.0 Å². The SMILES string of the molecule is CCCN1CC(Oc2ccc(C3=C([C@H]4C=CC(O)=CC4)SC4CC(O)=CC=C34)cc2)C1. The first-order valence-corrected chi connectivity index (χ1v) is 12.1. The summed E-state index contributed by atoms with van der Waals surface area (Å²) >= 11 is 1.85. The average molecular weight is 436 g/mol. The molecule has 4 nitrogen and oxygen atoms in total. The Balaban J connectivity index is 1.39. The zero-order valence-corrected chi connectivity index (χ0v) is 18.6. The minimum Gasteiger partial charge on any atom is -0.512 e. The van der Waals surface area contributed by atoms with Gasteiger partial charge in [-0.3, -0.25) is 4.90 Å². The Kier molecular flexibility index (Phi) is 5.72. The predicted octanol–water partition coefficient (Wildman–Crippen LogP) is 5.78. The molecule has 5 rings (SSSR count). The van der Waals surface area contributed by atoms with Gasteiger partial charge in [0.1, 0.15) is 17.6 Å². The molecular formula is C26H29NO3S. The standard InChI is InChI=1S/C26H29NO3S/c1-2-13-27-15-22(16-27)30-21-10-5-17(6-11-21)25-23-12-9-20(29)14-24(23)31-26(25)18-3-7-19(28)8-4-18/h3,5-12,18,22,24,28-29H,2,4,13-16H2,1H3/t18-,24?/m0/s1. The van der Waals surface area contributed by atoms with Crippen LogP contribution >= 0.6 is 11.8 Å². The van der Waals surface area contributed by atoms with Crippen molar-refractivity contribution in [2.45, 2.75) is 37.5 Å². The molecule has 0 aromatic heterocycles. The summed E-state index contributed by atoms with van der Waals surface area (Å²) in [6.45, 7) is 5.39. The van der Waals surface area contributed by atoms with Gasteiger partial charge in [0.05, 0.1) is 5.76 Å². The number of allylic oxidation sites excluding steroid dienone is 8. The van der Waals surface area contributed by atoms with Crippen LogP contribution in [-0.2, 0) is 0 Å². The lowest BCUT2D eigenvalue weighted by Gasteiger charge is -2.38. The van der Waals surface area contributed by atoms with Crippen LogP contribution < -0.4 is 4.74 Å². The summed E-state index contributed by atoms with van der Waals surface area (Å²) in [6.07, 6.45) is 12.6. The van der Waals surface area contributed by atoms with Crippen molar-refractivity contribution < 1.29 is 14.9 Å². The Morgan fingerprint density at radius 1 is 1.13 bits per heavy atom. The van der Waals surface area contributed by atoms with Crippen molar-refractivity contribution in [2.24, 2.45) is 5.92 Å². The Morgan fingerprint density at radius 3 is 2.65 bits per heavy atom. The van der Waals surface area contributed by atoms with Crippen LogP contribution in [0.3, 0.4) is 0 Å². The van der Waals surface area contributed by atoms with Crippen LogP contribution in [0.4, 0.5) is 0 Å². The molecule has 0 radical (unpaired) electrons. The van der Waals surface area contributed by atoms with E-state index in [1.807, 2.05) is 23.9 Å². The zero-order valence-electron chi connectivity index (χ0n) is 17.8. The van der Waals surface area contributed by atoms with Gasteiger partial charge in [-0.1, -0.05) is 31.2 Å². The third-order valence-electron chi connectivity index (χ3n) is 6.33. The maximum absolute atomic E-state index is 10.1. The summed E-state index contributed by atoms with van der Waals surface area (Å²) in [5, 5.41) is 20.1. The van der Waals surface area contributed by atoms with E-state index in [1.165, 1.54) is 28.0 Å². The Morgan fingerprint density at radius 2 is 1.94 bits per heavy atom. The molecular weight excluding hydrogens is 406 g/mol. The molecule has 0 amide bonds. The summed E-state index contributed by atoms with van der Waals surface area (Å²) in [5.74, 6) is 1.96. The maximum Gasteiger partial charge on any atom is 0.124 e. The van der Waals surface area contributed by atoms with Gasteiger partial charge >= 0.3 is 0 Å². The summed E-state index contributed by atoms with van der Waals surface area (Å²) in [7, 11) is 0. The molecule has 162 valence electrons. The van der Waals surface area contributed by atoms with E-state index in [-0.39, 0.29) is 11.2 Å². The van der Waals surface area contributed by atoms with Gasteiger partial charge in [-0.2, -0.15) is 0 Å². The highest BCUT2D eigenvalue weighted by Gasteiger charge is 2.36.